The fraction of sp³-hybridized carbons (Fsp3) is 1.00. The molecule has 0 rings (SSSR count). The summed E-state index contributed by atoms with van der Waals surface area (Å²) in [5.41, 5.74) is 0. The zero-order valence-electron chi connectivity index (χ0n) is 14.6. The Morgan fingerprint density at radius 1 is 0.607 bits per heavy atom. The van der Waals surface area contributed by atoms with Crippen molar-refractivity contribution in [2.24, 2.45) is 5.92 Å². The van der Waals surface area contributed by atoms with E-state index >= 15 is 0 Å². The molecule has 0 fully saturated rings. The maximum absolute atomic E-state index is 13.5. The van der Waals surface area contributed by atoms with Crippen LogP contribution in [0.15, 0.2) is 0 Å². The van der Waals surface area contributed by atoms with E-state index in [1.54, 1.807) is 13.8 Å². The maximum Gasteiger partial charge on any atom is 0.460 e. The Kier molecular flexibility index (Phi) is 7.78. The minimum atomic E-state index is -7.86. The van der Waals surface area contributed by atoms with Gasteiger partial charge in [0.2, 0.25) is 0 Å². The molecular weight excluding hydrogens is 431 g/mol. The third kappa shape index (κ3) is 4.78. The first-order valence-electron chi connectivity index (χ1n) is 7.63. The molecule has 0 radical (unpaired) electrons. The van der Waals surface area contributed by atoms with Crippen LogP contribution in [-0.4, -0.2) is 48.5 Å². The summed E-state index contributed by atoms with van der Waals surface area (Å²) < 4.78 is 172. The highest BCUT2D eigenvalue weighted by Crippen LogP contribution is 2.60. The van der Waals surface area contributed by atoms with E-state index in [4.69, 9.17) is 0 Å². The van der Waals surface area contributed by atoms with Crippen molar-refractivity contribution in [3.05, 3.63) is 0 Å². The minimum Gasteiger partial charge on any atom is -0.378 e. The third-order valence-corrected chi connectivity index (χ3v) is 3.62. The Morgan fingerprint density at radius 3 is 1.36 bits per heavy atom. The summed E-state index contributed by atoms with van der Waals surface area (Å²) in [5.74, 6) is -36.7. The van der Waals surface area contributed by atoms with E-state index in [1.165, 1.54) is 6.92 Å². The second kappa shape index (κ2) is 8.05. The molecule has 1 atom stereocenters. The quantitative estimate of drug-likeness (QED) is 0.344. The molecule has 0 aliphatic rings. The van der Waals surface area contributed by atoms with Gasteiger partial charge in [0.1, 0.15) is 0 Å². The van der Waals surface area contributed by atoms with E-state index in [0.717, 1.165) is 0 Å². The van der Waals surface area contributed by atoms with Gasteiger partial charge in [0.05, 0.1) is 12.7 Å². The monoisotopic (exact) mass is 448 g/mol. The van der Waals surface area contributed by atoms with E-state index in [-0.39, 0.29) is 12.3 Å². The van der Waals surface area contributed by atoms with Gasteiger partial charge in [0.15, 0.2) is 0 Å². The standard InChI is InChI=1S/C14H17F13O/c1-7(2)6-8(3)28-5-4-9(15,16)10(17,18)11(19,20)12(21,22)13(23,24)14(25,26)27/h7-8H,4-6H2,1-3H3. The summed E-state index contributed by atoms with van der Waals surface area (Å²) in [5, 5.41) is 0. The molecule has 0 aliphatic carbocycles. The zero-order chi connectivity index (χ0) is 23.0. The molecule has 0 saturated heterocycles. The van der Waals surface area contributed by atoms with Crippen molar-refractivity contribution in [2.45, 2.75) is 75.5 Å². The number of hydrogen-bond donors (Lipinski definition) is 0. The van der Waals surface area contributed by atoms with Gasteiger partial charge < -0.3 is 4.74 Å². The lowest BCUT2D eigenvalue weighted by Crippen LogP contribution is -2.70. The average Bonchev–Trinajstić information content (AvgIpc) is 2.43. The van der Waals surface area contributed by atoms with Gasteiger partial charge >= 0.3 is 35.8 Å². The summed E-state index contributed by atoms with van der Waals surface area (Å²) in [6.07, 6.45) is -10.3. The van der Waals surface area contributed by atoms with Crippen molar-refractivity contribution in [3.63, 3.8) is 0 Å². The van der Waals surface area contributed by atoms with Crippen LogP contribution in [0.25, 0.3) is 0 Å². The first kappa shape index (κ1) is 27.0. The largest absolute Gasteiger partial charge is 0.460 e. The van der Waals surface area contributed by atoms with Gasteiger partial charge in [-0.1, -0.05) is 13.8 Å². The highest BCUT2D eigenvalue weighted by Gasteiger charge is 2.90. The lowest BCUT2D eigenvalue weighted by molar-refractivity contribution is -0.440. The molecule has 0 amide bonds. The van der Waals surface area contributed by atoms with Crippen molar-refractivity contribution < 1.29 is 61.8 Å². The number of halogens is 13. The molecule has 1 nitrogen and oxygen atoms in total. The highest BCUT2D eigenvalue weighted by molar-refractivity contribution is 5.10. The van der Waals surface area contributed by atoms with Crippen LogP contribution in [0.2, 0.25) is 0 Å². The van der Waals surface area contributed by atoms with Crippen LogP contribution in [0.4, 0.5) is 57.1 Å². The molecule has 0 N–H and O–H groups in total. The summed E-state index contributed by atoms with van der Waals surface area (Å²) in [7, 11) is 0. The molecule has 1 unspecified atom stereocenters. The first-order chi connectivity index (χ1) is 12.1. The van der Waals surface area contributed by atoms with Gasteiger partial charge in [-0.2, -0.15) is 57.1 Å². The lowest BCUT2D eigenvalue weighted by Gasteiger charge is -2.39. The minimum absolute atomic E-state index is 0.0513. The molecule has 0 heterocycles. The van der Waals surface area contributed by atoms with Crippen LogP contribution in [0.3, 0.4) is 0 Å². The van der Waals surface area contributed by atoms with Gasteiger partial charge in [-0.3, -0.25) is 0 Å². The van der Waals surface area contributed by atoms with Crippen molar-refractivity contribution in [1.29, 1.82) is 0 Å². The Labute approximate surface area is 151 Å². The second-order valence-corrected chi connectivity index (χ2v) is 6.56. The predicted octanol–water partition coefficient (Wildman–Crippen LogP) is 6.57. The molecule has 0 aliphatic heterocycles. The van der Waals surface area contributed by atoms with Gasteiger partial charge in [-0.15, -0.1) is 0 Å². The smallest absolute Gasteiger partial charge is 0.378 e. The normalized spacial score (nSPS) is 16.6. The summed E-state index contributed by atoms with van der Waals surface area (Å²) in [4.78, 5) is 0. The lowest BCUT2D eigenvalue weighted by atomic mass is 9.93. The topological polar surface area (TPSA) is 9.23 Å². The van der Waals surface area contributed by atoms with Gasteiger partial charge in [0, 0.05) is 6.42 Å². The molecule has 0 aromatic heterocycles. The number of hydrogen-bond acceptors (Lipinski definition) is 1. The predicted molar refractivity (Wildman–Crippen MR) is 70.3 cm³/mol. The first-order valence-corrected chi connectivity index (χ1v) is 7.63. The van der Waals surface area contributed by atoms with E-state index in [9.17, 15) is 57.1 Å². The van der Waals surface area contributed by atoms with Crippen LogP contribution in [0.5, 0.6) is 0 Å². The van der Waals surface area contributed by atoms with Crippen LogP contribution in [0.1, 0.15) is 33.6 Å². The zero-order valence-corrected chi connectivity index (χ0v) is 14.6. The number of alkyl halides is 13. The van der Waals surface area contributed by atoms with E-state index in [1.807, 2.05) is 0 Å². The van der Waals surface area contributed by atoms with Crippen LogP contribution in [-0.2, 0) is 4.74 Å². The average molecular weight is 448 g/mol. The summed E-state index contributed by atoms with van der Waals surface area (Å²) >= 11 is 0. The van der Waals surface area contributed by atoms with Gasteiger partial charge in [-0.25, -0.2) is 0 Å². The van der Waals surface area contributed by atoms with E-state index in [2.05, 4.69) is 4.74 Å². The SMILES string of the molecule is CC(C)CC(C)OCCC(F)(F)C(F)(F)C(F)(F)C(F)(F)C(F)(F)C(F)(F)F. The maximum atomic E-state index is 13.5. The molecule has 0 saturated carbocycles. The summed E-state index contributed by atoms with van der Waals surface area (Å²) in [6.45, 7) is 3.24. The van der Waals surface area contributed by atoms with Crippen LogP contribution < -0.4 is 0 Å². The Morgan fingerprint density at radius 2 is 1.00 bits per heavy atom. The molecular formula is C14H17F13O. The van der Waals surface area contributed by atoms with Gasteiger partial charge in [0.25, 0.3) is 0 Å². The Hall–Kier alpha value is -0.950. The summed E-state index contributed by atoms with van der Waals surface area (Å²) in [6, 6.07) is 0. The van der Waals surface area contributed by atoms with E-state index in [0.29, 0.717) is 0 Å². The Balaban J connectivity index is 5.62. The molecule has 0 spiro atoms. The highest BCUT2D eigenvalue weighted by atomic mass is 19.4. The van der Waals surface area contributed by atoms with Crippen molar-refractivity contribution in [2.75, 3.05) is 6.61 Å². The van der Waals surface area contributed by atoms with Crippen LogP contribution >= 0.6 is 0 Å². The fourth-order valence-corrected chi connectivity index (χ4v) is 2.08. The Bertz CT molecular complexity index is 510. The molecule has 14 heteroatoms. The molecule has 0 aromatic rings. The molecule has 170 valence electrons. The fourth-order valence-electron chi connectivity index (χ4n) is 2.08. The van der Waals surface area contributed by atoms with Crippen molar-refractivity contribution in [3.8, 4) is 0 Å². The van der Waals surface area contributed by atoms with Crippen LogP contribution in [0, 0.1) is 5.92 Å². The second-order valence-electron chi connectivity index (χ2n) is 6.56. The number of ether oxygens (including phenoxy) is 1. The van der Waals surface area contributed by atoms with E-state index < -0.39 is 54.9 Å². The third-order valence-electron chi connectivity index (χ3n) is 3.62. The molecule has 0 aromatic carbocycles. The molecule has 0 bridgehead atoms. The van der Waals surface area contributed by atoms with Crippen molar-refractivity contribution in [1.82, 2.24) is 0 Å². The van der Waals surface area contributed by atoms with Gasteiger partial charge in [-0.05, 0) is 19.3 Å². The van der Waals surface area contributed by atoms with Crippen molar-refractivity contribution >= 4 is 0 Å². The molecule has 28 heavy (non-hydrogen) atoms. The number of rotatable bonds is 10.